The summed E-state index contributed by atoms with van der Waals surface area (Å²) in [7, 11) is 0. The van der Waals surface area contributed by atoms with Crippen LogP contribution in [0.5, 0.6) is 0 Å². The van der Waals surface area contributed by atoms with Crippen LogP contribution in [-0.4, -0.2) is 47.8 Å². The van der Waals surface area contributed by atoms with Crippen LogP contribution in [-0.2, 0) is 4.79 Å². The zero-order chi connectivity index (χ0) is 16.9. The lowest BCUT2D eigenvalue weighted by Crippen LogP contribution is -2.50. The first-order valence-corrected chi connectivity index (χ1v) is 8.00. The summed E-state index contributed by atoms with van der Waals surface area (Å²) < 4.78 is 5.14. The largest absolute Gasteiger partial charge is 0.459 e. The molecule has 24 heavy (non-hydrogen) atoms. The fourth-order valence-electron chi connectivity index (χ4n) is 2.75. The number of furan rings is 1. The fraction of sp³-hybridized carbons (Fsp3) is 0.263. The van der Waals surface area contributed by atoms with Gasteiger partial charge in [0.1, 0.15) is 0 Å². The summed E-state index contributed by atoms with van der Waals surface area (Å²) in [5.74, 6) is 0.208. The van der Waals surface area contributed by atoms with Gasteiger partial charge in [0.15, 0.2) is 5.76 Å². The Hall–Kier alpha value is -2.82. The van der Waals surface area contributed by atoms with Gasteiger partial charge in [-0.3, -0.25) is 9.59 Å². The number of nitrogens with zero attached hydrogens (tertiary/aromatic N) is 2. The van der Waals surface area contributed by atoms with Crippen LogP contribution in [0, 0.1) is 0 Å². The normalized spacial score (nSPS) is 15.5. The van der Waals surface area contributed by atoms with E-state index in [4.69, 9.17) is 4.42 Å². The molecule has 3 rings (SSSR count). The van der Waals surface area contributed by atoms with Gasteiger partial charge in [-0.1, -0.05) is 30.3 Å². The molecule has 124 valence electrons. The van der Waals surface area contributed by atoms with Crippen LogP contribution in [0.15, 0.2) is 59.2 Å². The number of rotatable bonds is 3. The lowest BCUT2D eigenvalue weighted by molar-refractivity contribution is -0.127. The van der Waals surface area contributed by atoms with Crippen LogP contribution in [0.2, 0.25) is 0 Å². The quantitative estimate of drug-likeness (QED) is 0.816. The molecule has 1 fully saturated rings. The van der Waals surface area contributed by atoms with Crippen molar-refractivity contribution < 1.29 is 14.0 Å². The number of allylic oxidation sites excluding steroid dienone is 1. The lowest BCUT2D eigenvalue weighted by atomic mass is 10.1. The van der Waals surface area contributed by atoms with E-state index in [1.807, 2.05) is 37.3 Å². The molecule has 2 amide bonds. The Morgan fingerprint density at radius 3 is 2.25 bits per heavy atom. The second-order valence-electron chi connectivity index (χ2n) is 5.79. The van der Waals surface area contributed by atoms with Crippen LogP contribution < -0.4 is 0 Å². The van der Waals surface area contributed by atoms with Gasteiger partial charge in [-0.15, -0.1) is 0 Å². The summed E-state index contributed by atoms with van der Waals surface area (Å²) in [6.45, 7) is 4.03. The maximum absolute atomic E-state index is 12.4. The maximum Gasteiger partial charge on any atom is 0.289 e. The third kappa shape index (κ3) is 3.56. The second kappa shape index (κ2) is 7.17. The van der Waals surface area contributed by atoms with Gasteiger partial charge in [0.05, 0.1) is 6.26 Å². The van der Waals surface area contributed by atoms with E-state index >= 15 is 0 Å². The van der Waals surface area contributed by atoms with Crippen molar-refractivity contribution in [3.8, 4) is 0 Å². The minimum atomic E-state index is -0.122. The number of piperazine rings is 1. The number of benzene rings is 1. The Morgan fingerprint density at radius 1 is 0.958 bits per heavy atom. The van der Waals surface area contributed by atoms with E-state index < -0.39 is 0 Å². The van der Waals surface area contributed by atoms with Gasteiger partial charge >= 0.3 is 0 Å². The molecular weight excluding hydrogens is 304 g/mol. The van der Waals surface area contributed by atoms with E-state index in [0.29, 0.717) is 31.9 Å². The summed E-state index contributed by atoms with van der Waals surface area (Å²) >= 11 is 0. The monoisotopic (exact) mass is 324 g/mol. The molecule has 2 heterocycles. The van der Waals surface area contributed by atoms with Crippen molar-refractivity contribution in [1.82, 2.24) is 9.80 Å². The van der Waals surface area contributed by atoms with Crippen molar-refractivity contribution in [1.29, 1.82) is 0 Å². The molecule has 1 saturated heterocycles. The molecule has 0 radical (unpaired) electrons. The van der Waals surface area contributed by atoms with Crippen molar-refractivity contribution >= 4 is 17.4 Å². The van der Waals surface area contributed by atoms with Crippen LogP contribution in [0.1, 0.15) is 23.0 Å². The molecule has 1 aromatic carbocycles. The molecule has 1 aliphatic rings. The molecule has 5 heteroatoms. The molecule has 1 aromatic heterocycles. The molecule has 0 unspecified atom stereocenters. The van der Waals surface area contributed by atoms with E-state index in [2.05, 4.69) is 0 Å². The standard InChI is InChI=1S/C19H20N2O3/c1-15(16-6-3-2-4-7-16)14-18(22)20-9-11-21(12-10-20)19(23)17-8-5-13-24-17/h2-8,13-14H,9-12H2,1H3/b15-14+. The maximum atomic E-state index is 12.4. The number of hydrogen-bond acceptors (Lipinski definition) is 3. The van der Waals surface area contributed by atoms with E-state index in [9.17, 15) is 9.59 Å². The molecule has 0 saturated carbocycles. The van der Waals surface area contributed by atoms with Crippen molar-refractivity contribution in [2.45, 2.75) is 6.92 Å². The molecule has 0 atom stereocenters. The first-order valence-electron chi connectivity index (χ1n) is 8.00. The number of carbonyl (C=O) groups excluding carboxylic acids is 2. The van der Waals surface area contributed by atoms with E-state index in [-0.39, 0.29) is 11.8 Å². The predicted octanol–water partition coefficient (Wildman–Crippen LogP) is 2.67. The number of carbonyl (C=O) groups is 2. The van der Waals surface area contributed by atoms with Crippen molar-refractivity contribution in [2.24, 2.45) is 0 Å². The van der Waals surface area contributed by atoms with Gasteiger partial charge < -0.3 is 14.2 Å². The molecule has 1 aliphatic heterocycles. The average Bonchev–Trinajstić information content (AvgIpc) is 3.16. The highest BCUT2D eigenvalue weighted by atomic mass is 16.3. The van der Waals surface area contributed by atoms with Gasteiger partial charge in [-0.2, -0.15) is 0 Å². The first kappa shape index (κ1) is 16.1. The van der Waals surface area contributed by atoms with E-state index in [1.54, 1.807) is 28.0 Å². The second-order valence-corrected chi connectivity index (χ2v) is 5.79. The van der Waals surface area contributed by atoms with Gasteiger partial charge in [-0.25, -0.2) is 0 Å². The van der Waals surface area contributed by atoms with Gasteiger partial charge in [0, 0.05) is 32.3 Å². The molecular formula is C19H20N2O3. The molecule has 0 bridgehead atoms. The summed E-state index contributed by atoms with van der Waals surface area (Å²) in [5, 5.41) is 0. The van der Waals surface area contributed by atoms with Crippen LogP contribution in [0.3, 0.4) is 0 Å². The highest BCUT2D eigenvalue weighted by Crippen LogP contribution is 2.14. The predicted molar refractivity (Wildman–Crippen MR) is 91.3 cm³/mol. The van der Waals surface area contributed by atoms with Crippen molar-refractivity contribution in [3.63, 3.8) is 0 Å². The molecule has 2 aromatic rings. The Labute approximate surface area is 141 Å². The zero-order valence-corrected chi connectivity index (χ0v) is 13.6. The molecule has 0 aliphatic carbocycles. The SMILES string of the molecule is C/C(=C\C(=O)N1CCN(C(=O)c2ccco2)CC1)c1ccccc1. The first-order chi connectivity index (χ1) is 11.6. The Kier molecular flexibility index (Phi) is 4.79. The third-order valence-corrected chi connectivity index (χ3v) is 4.18. The minimum Gasteiger partial charge on any atom is -0.459 e. The fourth-order valence-corrected chi connectivity index (χ4v) is 2.75. The topological polar surface area (TPSA) is 53.8 Å². The van der Waals surface area contributed by atoms with Crippen LogP contribution in [0.4, 0.5) is 0 Å². The molecule has 5 nitrogen and oxygen atoms in total. The van der Waals surface area contributed by atoms with Crippen LogP contribution in [0.25, 0.3) is 5.57 Å². The van der Waals surface area contributed by atoms with Gasteiger partial charge in [0.25, 0.3) is 5.91 Å². The summed E-state index contributed by atoms with van der Waals surface area (Å²) in [6.07, 6.45) is 3.16. The number of hydrogen-bond donors (Lipinski definition) is 0. The van der Waals surface area contributed by atoms with E-state index in [0.717, 1.165) is 11.1 Å². The van der Waals surface area contributed by atoms with Gasteiger partial charge in [0.2, 0.25) is 5.91 Å². The molecule has 0 N–H and O–H groups in total. The lowest BCUT2D eigenvalue weighted by Gasteiger charge is -2.33. The number of amides is 2. The summed E-state index contributed by atoms with van der Waals surface area (Å²) in [5.41, 5.74) is 1.98. The highest BCUT2D eigenvalue weighted by Gasteiger charge is 2.25. The van der Waals surface area contributed by atoms with Gasteiger partial charge in [-0.05, 0) is 30.2 Å². The van der Waals surface area contributed by atoms with Crippen molar-refractivity contribution in [3.05, 3.63) is 66.1 Å². The highest BCUT2D eigenvalue weighted by molar-refractivity contribution is 5.95. The summed E-state index contributed by atoms with van der Waals surface area (Å²) in [4.78, 5) is 28.1. The van der Waals surface area contributed by atoms with E-state index in [1.165, 1.54) is 6.26 Å². The smallest absolute Gasteiger partial charge is 0.289 e. The minimum absolute atomic E-state index is 0.0125. The summed E-state index contributed by atoms with van der Waals surface area (Å²) in [6, 6.07) is 13.2. The van der Waals surface area contributed by atoms with Crippen LogP contribution >= 0.6 is 0 Å². The Bertz CT molecular complexity index is 727. The molecule has 0 spiro atoms. The average molecular weight is 324 g/mol. The Balaban J connectivity index is 1.58. The Morgan fingerprint density at radius 2 is 1.62 bits per heavy atom. The third-order valence-electron chi connectivity index (χ3n) is 4.18. The zero-order valence-electron chi connectivity index (χ0n) is 13.6. The van der Waals surface area contributed by atoms with Crippen molar-refractivity contribution in [2.75, 3.05) is 26.2 Å².